The molecule has 0 aromatic heterocycles. The normalized spacial score (nSPS) is 11.7. The first-order valence-corrected chi connectivity index (χ1v) is 6.28. The highest BCUT2D eigenvalue weighted by Crippen LogP contribution is 2.19. The Morgan fingerprint density at radius 1 is 1.50 bits per heavy atom. The smallest absolute Gasteiger partial charge is 0.251 e. The molecule has 0 heterocycles. The molecule has 3 nitrogen and oxygen atoms in total. The number of carbonyl (C=O) groups excluding carboxylic acids is 1. The van der Waals surface area contributed by atoms with Gasteiger partial charge in [0.05, 0.1) is 0 Å². The molecule has 18 heavy (non-hydrogen) atoms. The third kappa shape index (κ3) is 3.91. The maximum Gasteiger partial charge on any atom is 0.251 e. The average Bonchev–Trinajstić information content (AvgIpc) is 2.38. The number of carbonyl (C=O) groups is 1. The van der Waals surface area contributed by atoms with Crippen LogP contribution in [0.2, 0.25) is 0 Å². The topological polar surface area (TPSA) is 41.1 Å². The Labute approximate surface area is 109 Å². The molecule has 1 amide bonds. The summed E-state index contributed by atoms with van der Waals surface area (Å²) in [6, 6.07) is 6.07. The predicted molar refractivity (Wildman–Crippen MR) is 77.1 cm³/mol. The summed E-state index contributed by atoms with van der Waals surface area (Å²) >= 11 is 0. The quantitative estimate of drug-likeness (QED) is 0.757. The SMILES string of the molecule is C=CCCC(C)Nc1cc(C(=O)NC)ccc1C. The molecule has 0 aliphatic carbocycles. The summed E-state index contributed by atoms with van der Waals surface area (Å²) in [4.78, 5) is 11.6. The lowest BCUT2D eigenvalue weighted by Gasteiger charge is -2.17. The molecule has 1 aromatic carbocycles. The first kappa shape index (κ1) is 14.3. The first-order valence-electron chi connectivity index (χ1n) is 6.28. The molecule has 0 aliphatic rings. The van der Waals surface area contributed by atoms with E-state index in [1.54, 1.807) is 7.05 Å². The Morgan fingerprint density at radius 3 is 2.83 bits per heavy atom. The lowest BCUT2D eigenvalue weighted by atomic mass is 10.1. The van der Waals surface area contributed by atoms with Gasteiger partial charge in [-0.15, -0.1) is 6.58 Å². The summed E-state index contributed by atoms with van der Waals surface area (Å²) in [6.45, 7) is 7.90. The second-order valence-corrected chi connectivity index (χ2v) is 4.52. The van der Waals surface area contributed by atoms with E-state index in [1.165, 1.54) is 0 Å². The molecule has 1 aromatic rings. The molecule has 98 valence electrons. The van der Waals surface area contributed by atoms with Gasteiger partial charge < -0.3 is 10.6 Å². The number of allylic oxidation sites excluding steroid dienone is 1. The van der Waals surface area contributed by atoms with Crippen LogP contribution in [0, 0.1) is 6.92 Å². The highest BCUT2D eigenvalue weighted by molar-refractivity contribution is 5.95. The van der Waals surface area contributed by atoms with E-state index < -0.39 is 0 Å². The maximum absolute atomic E-state index is 11.6. The van der Waals surface area contributed by atoms with E-state index in [-0.39, 0.29) is 5.91 Å². The zero-order valence-electron chi connectivity index (χ0n) is 11.4. The molecular formula is C15H22N2O. The fourth-order valence-corrected chi connectivity index (χ4v) is 1.77. The summed E-state index contributed by atoms with van der Waals surface area (Å²) in [5, 5.41) is 6.07. The molecule has 0 saturated carbocycles. The second-order valence-electron chi connectivity index (χ2n) is 4.52. The largest absolute Gasteiger partial charge is 0.382 e. The second kappa shape index (κ2) is 6.84. The van der Waals surface area contributed by atoms with Crippen molar-refractivity contribution in [3.63, 3.8) is 0 Å². The minimum atomic E-state index is -0.0585. The maximum atomic E-state index is 11.6. The summed E-state index contributed by atoms with van der Waals surface area (Å²) in [7, 11) is 1.64. The first-order chi connectivity index (χ1) is 8.58. The van der Waals surface area contributed by atoms with E-state index >= 15 is 0 Å². The van der Waals surface area contributed by atoms with Gasteiger partial charge in [0.25, 0.3) is 5.91 Å². The van der Waals surface area contributed by atoms with Crippen molar-refractivity contribution in [2.24, 2.45) is 0 Å². The average molecular weight is 246 g/mol. The van der Waals surface area contributed by atoms with Gasteiger partial charge in [0, 0.05) is 24.3 Å². The van der Waals surface area contributed by atoms with Crippen molar-refractivity contribution in [1.82, 2.24) is 5.32 Å². The number of nitrogens with one attached hydrogen (secondary N) is 2. The van der Waals surface area contributed by atoms with E-state index in [0.29, 0.717) is 11.6 Å². The van der Waals surface area contributed by atoms with Gasteiger partial charge in [-0.05, 0) is 44.4 Å². The molecule has 1 rings (SSSR count). The highest BCUT2D eigenvalue weighted by atomic mass is 16.1. The molecular weight excluding hydrogens is 224 g/mol. The fourth-order valence-electron chi connectivity index (χ4n) is 1.77. The van der Waals surface area contributed by atoms with Crippen molar-refractivity contribution in [2.75, 3.05) is 12.4 Å². The van der Waals surface area contributed by atoms with Gasteiger partial charge in [-0.25, -0.2) is 0 Å². The molecule has 3 heteroatoms. The molecule has 0 spiro atoms. The van der Waals surface area contributed by atoms with Gasteiger partial charge in [-0.3, -0.25) is 4.79 Å². The van der Waals surface area contributed by atoms with Crippen LogP contribution in [0.25, 0.3) is 0 Å². The third-order valence-electron chi connectivity index (χ3n) is 2.93. The summed E-state index contributed by atoms with van der Waals surface area (Å²) in [6.07, 6.45) is 3.95. The van der Waals surface area contributed by atoms with Crippen LogP contribution >= 0.6 is 0 Å². The Morgan fingerprint density at radius 2 is 2.22 bits per heavy atom. The van der Waals surface area contributed by atoms with Crippen LogP contribution in [0.15, 0.2) is 30.9 Å². The van der Waals surface area contributed by atoms with Gasteiger partial charge in [-0.1, -0.05) is 12.1 Å². The number of benzene rings is 1. The van der Waals surface area contributed by atoms with Gasteiger partial charge in [0.2, 0.25) is 0 Å². The number of aryl methyl sites for hydroxylation is 1. The Hall–Kier alpha value is -1.77. The van der Waals surface area contributed by atoms with Crippen molar-refractivity contribution < 1.29 is 4.79 Å². The molecule has 0 fully saturated rings. The predicted octanol–water partition coefficient (Wildman–Crippen LogP) is 3.12. The fraction of sp³-hybridized carbons (Fsp3) is 0.400. The van der Waals surface area contributed by atoms with E-state index in [9.17, 15) is 4.79 Å². The van der Waals surface area contributed by atoms with Crippen LogP contribution in [0.3, 0.4) is 0 Å². The Bertz CT molecular complexity index is 427. The monoisotopic (exact) mass is 246 g/mol. The summed E-state index contributed by atoms with van der Waals surface area (Å²) in [5.74, 6) is -0.0585. The number of hydrogen-bond donors (Lipinski definition) is 2. The Balaban J connectivity index is 2.80. The van der Waals surface area contributed by atoms with Gasteiger partial charge >= 0.3 is 0 Å². The van der Waals surface area contributed by atoms with Crippen LogP contribution in [0.1, 0.15) is 35.7 Å². The van der Waals surface area contributed by atoms with Gasteiger partial charge in [0.15, 0.2) is 0 Å². The Kier molecular flexibility index (Phi) is 5.43. The highest BCUT2D eigenvalue weighted by Gasteiger charge is 2.08. The standard InChI is InChI=1S/C15H22N2O/c1-5-6-7-12(3)17-14-10-13(15(18)16-4)9-8-11(14)2/h5,8-10,12,17H,1,6-7H2,2-4H3,(H,16,18). The third-order valence-corrected chi connectivity index (χ3v) is 2.93. The van der Waals surface area contributed by atoms with Crippen molar-refractivity contribution >= 4 is 11.6 Å². The van der Waals surface area contributed by atoms with Crippen molar-refractivity contribution in [2.45, 2.75) is 32.7 Å². The minimum Gasteiger partial charge on any atom is -0.382 e. The van der Waals surface area contributed by atoms with E-state index in [1.807, 2.05) is 31.2 Å². The van der Waals surface area contributed by atoms with Gasteiger partial charge in [0.1, 0.15) is 0 Å². The molecule has 0 radical (unpaired) electrons. The van der Waals surface area contributed by atoms with Crippen LogP contribution in [0.4, 0.5) is 5.69 Å². The molecule has 0 aliphatic heterocycles. The minimum absolute atomic E-state index is 0.0585. The van der Waals surface area contributed by atoms with Crippen molar-refractivity contribution in [1.29, 1.82) is 0 Å². The van der Waals surface area contributed by atoms with Crippen LogP contribution in [-0.4, -0.2) is 19.0 Å². The summed E-state index contributed by atoms with van der Waals surface area (Å²) < 4.78 is 0. The number of rotatable bonds is 6. The zero-order chi connectivity index (χ0) is 13.5. The van der Waals surface area contributed by atoms with Crippen LogP contribution in [0.5, 0.6) is 0 Å². The molecule has 1 unspecified atom stereocenters. The van der Waals surface area contributed by atoms with Crippen molar-refractivity contribution in [3.05, 3.63) is 42.0 Å². The van der Waals surface area contributed by atoms with Crippen molar-refractivity contribution in [3.8, 4) is 0 Å². The zero-order valence-corrected chi connectivity index (χ0v) is 11.4. The number of amides is 1. The van der Waals surface area contributed by atoms with Crippen LogP contribution in [-0.2, 0) is 0 Å². The lowest BCUT2D eigenvalue weighted by molar-refractivity contribution is 0.0963. The van der Waals surface area contributed by atoms with E-state index in [2.05, 4.69) is 24.1 Å². The van der Waals surface area contributed by atoms with Crippen LogP contribution < -0.4 is 10.6 Å². The number of anilines is 1. The molecule has 0 saturated heterocycles. The molecule has 1 atom stereocenters. The summed E-state index contributed by atoms with van der Waals surface area (Å²) in [5.41, 5.74) is 2.85. The molecule has 2 N–H and O–H groups in total. The molecule has 0 bridgehead atoms. The lowest BCUT2D eigenvalue weighted by Crippen LogP contribution is -2.19. The number of hydrogen-bond acceptors (Lipinski definition) is 2. The van der Waals surface area contributed by atoms with E-state index in [4.69, 9.17) is 0 Å². The van der Waals surface area contributed by atoms with Gasteiger partial charge in [-0.2, -0.15) is 0 Å². The van der Waals surface area contributed by atoms with E-state index in [0.717, 1.165) is 24.1 Å².